The second-order valence-corrected chi connectivity index (χ2v) is 3.65. The van der Waals surface area contributed by atoms with Crippen LogP contribution >= 0.6 is 0 Å². The maximum atomic E-state index is 12.0. The van der Waals surface area contributed by atoms with E-state index in [1.807, 2.05) is 0 Å². The summed E-state index contributed by atoms with van der Waals surface area (Å²) in [4.78, 5) is 21.9. The molecule has 0 saturated carbocycles. The molecule has 2 aromatic carbocycles. The first-order valence-electron chi connectivity index (χ1n) is 5.17. The van der Waals surface area contributed by atoms with Crippen molar-refractivity contribution in [3.8, 4) is 5.75 Å². The lowest BCUT2D eigenvalue weighted by Crippen LogP contribution is -2.01. The Labute approximate surface area is 102 Å². The third-order valence-corrected chi connectivity index (χ3v) is 2.47. The van der Waals surface area contributed by atoms with Crippen molar-refractivity contribution in [2.24, 2.45) is 0 Å². The zero-order valence-corrected chi connectivity index (χ0v) is 9.24. The number of carbonyl (C=O) groups is 1. The predicted octanol–water partition coefficient (Wildman–Crippen LogP) is 2.53. The maximum absolute atomic E-state index is 12.0. The molecule has 0 amide bonds. The van der Waals surface area contributed by atoms with Crippen LogP contribution in [0.1, 0.15) is 15.9 Å². The highest BCUT2D eigenvalue weighted by atomic mass is 16.6. The standard InChI is InChI=1S/C13H9NO4/c15-12-8-10(14(17)18)6-7-11(12)13(16)9-4-2-1-3-5-9/h1-8,15H. The summed E-state index contributed by atoms with van der Waals surface area (Å²) in [5.74, 6) is -0.763. The molecule has 0 spiro atoms. The molecule has 18 heavy (non-hydrogen) atoms. The number of phenols is 1. The molecule has 0 aliphatic carbocycles. The fraction of sp³-hybridized carbons (Fsp3) is 0. The number of hydrogen-bond donors (Lipinski definition) is 1. The molecule has 0 saturated heterocycles. The van der Waals surface area contributed by atoms with Crippen molar-refractivity contribution in [1.29, 1.82) is 0 Å². The van der Waals surface area contributed by atoms with Gasteiger partial charge in [0, 0.05) is 11.6 Å². The lowest BCUT2D eigenvalue weighted by Gasteiger charge is -2.03. The van der Waals surface area contributed by atoms with Crippen LogP contribution in [0.3, 0.4) is 0 Å². The van der Waals surface area contributed by atoms with Crippen molar-refractivity contribution in [2.75, 3.05) is 0 Å². The average molecular weight is 243 g/mol. The number of non-ortho nitro benzene ring substituents is 1. The number of rotatable bonds is 3. The van der Waals surface area contributed by atoms with E-state index in [2.05, 4.69) is 0 Å². The van der Waals surface area contributed by atoms with Gasteiger partial charge >= 0.3 is 0 Å². The van der Waals surface area contributed by atoms with Gasteiger partial charge in [-0.05, 0) is 6.07 Å². The van der Waals surface area contributed by atoms with Crippen LogP contribution in [0, 0.1) is 10.1 Å². The summed E-state index contributed by atoms with van der Waals surface area (Å²) in [7, 11) is 0. The van der Waals surface area contributed by atoms with E-state index in [0.29, 0.717) is 5.56 Å². The number of ketones is 1. The van der Waals surface area contributed by atoms with E-state index >= 15 is 0 Å². The van der Waals surface area contributed by atoms with Gasteiger partial charge in [-0.1, -0.05) is 30.3 Å². The van der Waals surface area contributed by atoms with Crippen molar-refractivity contribution < 1.29 is 14.8 Å². The van der Waals surface area contributed by atoms with Crippen LogP contribution in [0.4, 0.5) is 5.69 Å². The van der Waals surface area contributed by atoms with Crippen LogP contribution in [0.25, 0.3) is 0 Å². The molecule has 0 heterocycles. The molecule has 90 valence electrons. The number of nitrogens with zero attached hydrogens (tertiary/aromatic N) is 1. The van der Waals surface area contributed by atoms with Crippen molar-refractivity contribution in [1.82, 2.24) is 0 Å². The lowest BCUT2D eigenvalue weighted by atomic mass is 10.0. The van der Waals surface area contributed by atoms with Crippen molar-refractivity contribution in [3.63, 3.8) is 0 Å². The van der Waals surface area contributed by atoms with Crippen LogP contribution in [-0.2, 0) is 0 Å². The second kappa shape index (κ2) is 4.67. The molecule has 2 aromatic rings. The van der Waals surface area contributed by atoms with Gasteiger partial charge in [0.15, 0.2) is 5.78 Å². The van der Waals surface area contributed by atoms with E-state index in [9.17, 15) is 20.0 Å². The van der Waals surface area contributed by atoms with Gasteiger partial charge in [0.1, 0.15) is 5.75 Å². The maximum Gasteiger partial charge on any atom is 0.273 e. The van der Waals surface area contributed by atoms with Crippen LogP contribution in [0.5, 0.6) is 5.75 Å². The third-order valence-electron chi connectivity index (χ3n) is 2.47. The first kappa shape index (κ1) is 11.8. The third kappa shape index (κ3) is 2.20. The molecule has 5 nitrogen and oxygen atoms in total. The highest BCUT2D eigenvalue weighted by molar-refractivity contribution is 6.10. The molecule has 0 atom stereocenters. The Morgan fingerprint density at radius 3 is 2.33 bits per heavy atom. The summed E-state index contributed by atoms with van der Waals surface area (Å²) in [6.07, 6.45) is 0. The van der Waals surface area contributed by atoms with Crippen molar-refractivity contribution in [3.05, 3.63) is 69.8 Å². The first-order chi connectivity index (χ1) is 8.59. The monoisotopic (exact) mass is 243 g/mol. The van der Waals surface area contributed by atoms with E-state index in [1.54, 1.807) is 30.3 Å². The van der Waals surface area contributed by atoms with Crippen LogP contribution in [0.15, 0.2) is 48.5 Å². The molecule has 2 rings (SSSR count). The van der Waals surface area contributed by atoms with Crippen molar-refractivity contribution >= 4 is 11.5 Å². The molecular formula is C13H9NO4. The van der Waals surface area contributed by atoms with E-state index < -0.39 is 10.7 Å². The molecule has 0 fully saturated rings. The number of nitro benzene ring substituents is 1. The molecule has 0 aromatic heterocycles. The van der Waals surface area contributed by atoms with Gasteiger partial charge in [-0.25, -0.2) is 0 Å². The normalized spacial score (nSPS) is 10.0. The Kier molecular flexibility index (Phi) is 3.05. The Morgan fingerprint density at radius 1 is 1.11 bits per heavy atom. The van der Waals surface area contributed by atoms with E-state index in [0.717, 1.165) is 6.07 Å². The molecule has 5 heteroatoms. The van der Waals surface area contributed by atoms with Crippen LogP contribution < -0.4 is 0 Å². The molecule has 0 radical (unpaired) electrons. The zero-order valence-electron chi connectivity index (χ0n) is 9.24. The van der Waals surface area contributed by atoms with Gasteiger partial charge in [0.25, 0.3) is 5.69 Å². The summed E-state index contributed by atoms with van der Waals surface area (Å²) < 4.78 is 0. The van der Waals surface area contributed by atoms with Gasteiger partial charge in [-0.15, -0.1) is 0 Å². The molecule has 0 bridgehead atoms. The minimum Gasteiger partial charge on any atom is -0.507 e. The number of phenolic OH excluding ortho intramolecular Hbond substituents is 1. The number of carbonyl (C=O) groups excluding carboxylic acids is 1. The summed E-state index contributed by atoms with van der Waals surface area (Å²) >= 11 is 0. The first-order valence-corrected chi connectivity index (χ1v) is 5.17. The van der Waals surface area contributed by atoms with Crippen molar-refractivity contribution in [2.45, 2.75) is 0 Å². The summed E-state index contributed by atoms with van der Waals surface area (Å²) in [5, 5.41) is 20.2. The number of aromatic hydroxyl groups is 1. The molecule has 0 unspecified atom stereocenters. The quantitative estimate of drug-likeness (QED) is 0.510. The fourth-order valence-electron chi connectivity index (χ4n) is 1.57. The Bertz CT molecular complexity index is 608. The highest BCUT2D eigenvalue weighted by Gasteiger charge is 2.16. The van der Waals surface area contributed by atoms with Gasteiger partial charge < -0.3 is 5.11 Å². The summed E-state index contributed by atoms with van der Waals surface area (Å²) in [6, 6.07) is 11.8. The topological polar surface area (TPSA) is 80.4 Å². The highest BCUT2D eigenvalue weighted by Crippen LogP contribution is 2.25. The van der Waals surface area contributed by atoms with Gasteiger partial charge in [-0.2, -0.15) is 0 Å². The second-order valence-electron chi connectivity index (χ2n) is 3.65. The molecule has 0 aliphatic heterocycles. The van der Waals surface area contributed by atoms with Crippen LogP contribution in [0.2, 0.25) is 0 Å². The zero-order chi connectivity index (χ0) is 13.1. The fourth-order valence-corrected chi connectivity index (χ4v) is 1.57. The van der Waals surface area contributed by atoms with E-state index in [-0.39, 0.29) is 17.0 Å². The van der Waals surface area contributed by atoms with Crippen LogP contribution in [-0.4, -0.2) is 15.8 Å². The summed E-state index contributed by atoms with van der Waals surface area (Å²) in [5.41, 5.74) is 0.213. The molecule has 1 N–H and O–H groups in total. The number of hydrogen-bond acceptors (Lipinski definition) is 4. The molecule has 0 aliphatic rings. The lowest BCUT2D eigenvalue weighted by molar-refractivity contribution is -0.384. The molecular weight excluding hydrogens is 234 g/mol. The predicted molar refractivity (Wildman–Crippen MR) is 64.6 cm³/mol. The smallest absolute Gasteiger partial charge is 0.273 e. The SMILES string of the molecule is O=C(c1ccccc1)c1ccc([N+](=O)[O-])cc1O. The van der Waals surface area contributed by atoms with E-state index in [4.69, 9.17) is 0 Å². The minimum absolute atomic E-state index is 0.0480. The number of benzene rings is 2. The number of nitro groups is 1. The Morgan fingerprint density at radius 2 is 1.78 bits per heavy atom. The van der Waals surface area contributed by atoms with Gasteiger partial charge in [0.05, 0.1) is 16.6 Å². The van der Waals surface area contributed by atoms with Gasteiger partial charge in [-0.3, -0.25) is 14.9 Å². The Hall–Kier alpha value is -2.69. The average Bonchev–Trinajstić information content (AvgIpc) is 2.38. The summed E-state index contributed by atoms with van der Waals surface area (Å²) in [6.45, 7) is 0. The Balaban J connectivity index is 2.41. The van der Waals surface area contributed by atoms with E-state index in [1.165, 1.54) is 12.1 Å². The van der Waals surface area contributed by atoms with Gasteiger partial charge in [0.2, 0.25) is 0 Å². The minimum atomic E-state index is -0.628. The largest absolute Gasteiger partial charge is 0.507 e.